The fraction of sp³-hybridized carbons (Fsp3) is 0.0769. The van der Waals surface area contributed by atoms with Crippen LogP contribution in [0.5, 0.6) is 0 Å². The molecule has 3 nitrogen and oxygen atoms in total. The van der Waals surface area contributed by atoms with E-state index in [0.717, 1.165) is 22.5 Å². The zero-order valence-corrected chi connectivity index (χ0v) is 10.0. The maximum Gasteiger partial charge on any atom is 0.159 e. The van der Waals surface area contributed by atoms with E-state index >= 15 is 0 Å². The highest BCUT2D eigenvalue weighted by atomic mass is 32.1. The molecule has 0 radical (unpaired) electrons. The van der Waals surface area contributed by atoms with Crippen molar-refractivity contribution in [2.24, 2.45) is 0 Å². The van der Waals surface area contributed by atoms with E-state index in [0.29, 0.717) is 5.75 Å². The van der Waals surface area contributed by atoms with Gasteiger partial charge in [-0.3, -0.25) is 0 Å². The molecule has 84 valence electrons. The molecule has 0 saturated heterocycles. The molecule has 1 aromatic carbocycles. The van der Waals surface area contributed by atoms with Gasteiger partial charge in [0.25, 0.3) is 0 Å². The van der Waals surface area contributed by atoms with Gasteiger partial charge in [0.1, 0.15) is 0 Å². The third kappa shape index (κ3) is 1.70. The average molecular weight is 241 g/mol. The highest BCUT2D eigenvalue weighted by Gasteiger charge is 2.13. The van der Waals surface area contributed by atoms with Crippen molar-refractivity contribution in [2.45, 2.75) is 5.75 Å². The average Bonchev–Trinajstić information content (AvgIpc) is 2.78. The van der Waals surface area contributed by atoms with Crippen LogP contribution in [0.4, 0.5) is 0 Å². The van der Waals surface area contributed by atoms with Crippen LogP contribution in [0.15, 0.2) is 48.8 Å². The summed E-state index contributed by atoms with van der Waals surface area (Å²) in [7, 11) is 0. The molecule has 0 unspecified atom stereocenters. The third-order valence-corrected chi connectivity index (χ3v) is 3.01. The molecule has 0 N–H and O–H groups in total. The Morgan fingerprint density at radius 1 is 1.12 bits per heavy atom. The van der Waals surface area contributed by atoms with E-state index in [1.54, 1.807) is 10.7 Å². The molecule has 0 saturated carbocycles. The van der Waals surface area contributed by atoms with Gasteiger partial charge in [0.2, 0.25) is 0 Å². The maximum absolute atomic E-state index is 4.56. The Kier molecular flexibility index (Phi) is 2.57. The van der Waals surface area contributed by atoms with Crippen molar-refractivity contribution >= 4 is 18.3 Å². The molecule has 0 aliphatic rings. The summed E-state index contributed by atoms with van der Waals surface area (Å²) >= 11 is 4.38. The summed E-state index contributed by atoms with van der Waals surface area (Å²) in [6.45, 7) is 0. The van der Waals surface area contributed by atoms with E-state index in [4.69, 9.17) is 0 Å². The molecule has 0 aliphatic carbocycles. The lowest BCUT2D eigenvalue weighted by atomic mass is 10.1. The first-order valence-electron chi connectivity index (χ1n) is 5.38. The Morgan fingerprint density at radius 2 is 1.94 bits per heavy atom. The van der Waals surface area contributed by atoms with E-state index in [-0.39, 0.29) is 0 Å². The minimum Gasteiger partial charge on any atom is -0.237 e. The van der Waals surface area contributed by atoms with Crippen molar-refractivity contribution in [1.82, 2.24) is 14.6 Å². The smallest absolute Gasteiger partial charge is 0.159 e. The first-order valence-corrected chi connectivity index (χ1v) is 6.02. The molecule has 2 aromatic heterocycles. The lowest BCUT2D eigenvalue weighted by molar-refractivity contribution is 0.943. The Balaban J connectivity index is 2.30. The van der Waals surface area contributed by atoms with E-state index in [1.807, 2.05) is 30.5 Å². The minimum atomic E-state index is 0.630. The van der Waals surface area contributed by atoms with Crippen LogP contribution in [0.1, 0.15) is 5.56 Å². The molecule has 0 amide bonds. The van der Waals surface area contributed by atoms with Crippen LogP contribution in [0.25, 0.3) is 16.9 Å². The Hall–Kier alpha value is -1.81. The van der Waals surface area contributed by atoms with Crippen molar-refractivity contribution in [3.63, 3.8) is 0 Å². The van der Waals surface area contributed by atoms with E-state index in [2.05, 4.69) is 34.8 Å². The molecule has 0 bridgehead atoms. The number of rotatable bonds is 2. The number of hydrogen-bond acceptors (Lipinski definition) is 3. The van der Waals surface area contributed by atoms with Gasteiger partial charge < -0.3 is 0 Å². The topological polar surface area (TPSA) is 30.2 Å². The summed E-state index contributed by atoms with van der Waals surface area (Å²) in [5, 5.41) is 4.56. The molecule has 3 aromatic rings. The van der Waals surface area contributed by atoms with Crippen LogP contribution in [0.3, 0.4) is 0 Å². The summed E-state index contributed by atoms with van der Waals surface area (Å²) in [6.07, 6.45) is 3.68. The molecule has 0 fully saturated rings. The fourth-order valence-electron chi connectivity index (χ4n) is 1.91. The van der Waals surface area contributed by atoms with Crippen molar-refractivity contribution < 1.29 is 0 Å². The molecule has 0 aliphatic heterocycles. The fourth-order valence-corrected chi connectivity index (χ4v) is 2.20. The molecular formula is C13H11N3S. The van der Waals surface area contributed by atoms with Crippen LogP contribution >= 0.6 is 12.6 Å². The summed E-state index contributed by atoms with van der Waals surface area (Å²) in [5.41, 5.74) is 4.00. The second-order valence-electron chi connectivity index (χ2n) is 3.74. The molecule has 0 atom stereocenters. The van der Waals surface area contributed by atoms with Gasteiger partial charge in [0, 0.05) is 29.3 Å². The minimum absolute atomic E-state index is 0.630. The van der Waals surface area contributed by atoms with Crippen LogP contribution in [0.2, 0.25) is 0 Å². The number of benzene rings is 1. The second kappa shape index (κ2) is 4.22. The van der Waals surface area contributed by atoms with Crippen molar-refractivity contribution in [3.8, 4) is 11.3 Å². The Morgan fingerprint density at radius 3 is 2.71 bits per heavy atom. The standard InChI is InChI=1S/C13H11N3S/c17-9-11-12(10-5-2-1-3-6-10)15-16-8-4-7-14-13(11)16/h1-8,17H,9H2. The summed E-state index contributed by atoms with van der Waals surface area (Å²) < 4.78 is 1.80. The van der Waals surface area contributed by atoms with Gasteiger partial charge >= 0.3 is 0 Å². The van der Waals surface area contributed by atoms with E-state index in [9.17, 15) is 0 Å². The lowest BCUT2D eigenvalue weighted by Gasteiger charge is -1.98. The summed E-state index contributed by atoms with van der Waals surface area (Å²) in [6, 6.07) is 12.0. The molecular weight excluding hydrogens is 230 g/mol. The highest BCUT2D eigenvalue weighted by molar-refractivity contribution is 7.79. The number of nitrogens with zero attached hydrogens (tertiary/aromatic N) is 3. The largest absolute Gasteiger partial charge is 0.237 e. The first-order chi connectivity index (χ1) is 8.40. The Bertz CT molecular complexity index is 646. The predicted molar refractivity (Wildman–Crippen MR) is 71.1 cm³/mol. The number of fused-ring (bicyclic) bond motifs is 1. The monoisotopic (exact) mass is 241 g/mol. The molecule has 0 spiro atoms. The lowest BCUT2D eigenvalue weighted by Crippen LogP contribution is -1.87. The van der Waals surface area contributed by atoms with Gasteiger partial charge in [0.15, 0.2) is 5.65 Å². The van der Waals surface area contributed by atoms with E-state index < -0.39 is 0 Å². The first kappa shape index (κ1) is 10.4. The molecule has 3 rings (SSSR count). The second-order valence-corrected chi connectivity index (χ2v) is 4.06. The maximum atomic E-state index is 4.56. The summed E-state index contributed by atoms with van der Waals surface area (Å²) in [5.74, 6) is 0.630. The van der Waals surface area contributed by atoms with Gasteiger partial charge in [-0.25, -0.2) is 9.50 Å². The van der Waals surface area contributed by atoms with Crippen molar-refractivity contribution in [1.29, 1.82) is 0 Å². The molecule has 4 heteroatoms. The highest BCUT2D eigenvalue weighted by Crippen LogP contribution is 2.25. The SMILES string of the molecule is SCc1c(-c2ccccc2)nn2cccnc12. The normalized spacial score (nSPS) is 10.9. The number of thiol groups is 1. The van der Waals surface area contributed by atoms with Gasteiger partial charge in [-0.2, -0.15) is 17.7 Å². The zero-order chi connectivity index (χ0) is 11.7. The number of aromatic nitrogens is 3. The zero-order valence-electron chi connectivity index (χ0n) is 9.11. The van der Waals surface area contributed by atoms with Crippen LogP contribution in [0, 0.1) is 0 Å². The quantitative estimate of drug-likeness (QED) is 0.699. The predicted octanol–water partition coefficient (Wildman–Crippen LogP) is 2.83. The van der Waals surface area contributed by atoms with Gasteiger partial charge in [-0.15, -0.1) is 0 Å². The summed E-state index contributed by atoms with van der Waals surface area (Å²) in [4.78, 5) is 4.35. The van der Waals surface area contributed by atoms with Gasteiger partial charge in [-0.05, 0) is 6.07 Å². The van der Waals surface area contributed by atoms with Crippen LogP contribution in [-0.4, -0.2) is 14.6 Å². The van der Waals surface area contributed by atoms with Crippen molar-refractivity contribution in [2.75, 3.05) is 0 Å². The van der Waals surface area contributed by atoms with Gasteiger partial charge in [0.05, 0.1) is 5.69 Å². The van der Waals surface area contributed by atoms with Crippen LogP contribution < -0.4 is 0 Å². The van der Waals surface area contributed by atoms with Crippen molar-refractivity contribution in [3.05, 3.63) is 54.4 Å². The Labute approximate surface area is 105 Å². The molecule has 2 heterocycles. The number of hydrogen-bond donors (Lipinski definition) is 1. The third-order valence-electron chi connectivity index (χ3n) is 2.70. The van der Waals surface area contributed by atoms with E-state index in [1.165, 1.54) is 0 Å². The van der Waals surface area contributed by atoms with Gasteiger partial charge in [-0.1, -0.05) is 30.3 Å². The van der Waals surface area contributed by atoms with Crippen LogP contribution in [-0.2, 0) is 5.75 Å². The molecule has 17 heavy (non-hydrogen) atoms.